The van der Waals surface area contributed by atoms with E-state index in [0.29, 0.717) is 17.7 Å². The summed E-state index contributed by atoms with van der Waals surface area (Å²) in [6.07, 6.45) is 0. The Labute approximate surface area is 156 Å². The first-order valence-corrected chi connectivity index (χ1v) is 10.3. The van der Waals surface area contributed by atoms with E-state index in [-0.39, 0.29) is 0 Å². The van der Waals surface area contributed by atoms with Crippen molar-refractivity contribution in [2.24, 2.45) is 0 Å². The van der Waals surface area contributed by atoms with Crippen LogP contribution in [0.3, 0.4) is 0 Å². The number of hydrogen-bond donors (Lipinski definition) is 1. The first kappa shape index (κ1) is 16.6. The fourth-order valence-corrected chi connectivity index (χ4v) is 5.10. The van der Waals surface area contributed by atoms with Crippen LogP contribution >= 0.6 is 22.7 Å². The number of phenols is 1. The van der Waals surface area contributed by atoms with Gasteiger partial charge in [-0.3, -0.25) is 4.90 Å². The number of hydrogen-bond acceptors (Lipinski definition) is 4. The van der Waals surface area contributed by atoms with Gasteiger partial charge in [0.05, 0.1) is 0 Å². The lowest BCUT2D eigenvalue weighted by molar-refractivity contribution is 0.318. The number of likely N-dealkylation sites (N-methyl/N-ethyl adjacent to an activating group) is 1. The van der Waals surface area contributed by atoms with Crippen LogP contribution in [0.4, 0.5) is 0 Å². The van der Waals surface area contributed by atoms with Crippen molar-refractivity contribution in [2.45, 2.75) is 18.9 Å². The second-order valence-corrected chi connectivity index (χ2v) is 8.21. The monoisotopic (exact) mass is 367 g/mol. The molecule has 1 aliphatic rings. The minimum Gasteiger partial charge on any atom is -0.508 e. The molecule has 25 heavy (non-hydrogen) atoms. The Morgan fingerprint density at radius 2 is 1.60 bits per heavy atom. The van der Waals surface area contributed by atoms with Crippen LogP contribution in [0, 0.1) is 0 Å². The predicted octanol–water partition coefficient (Wildman–Crippen LogP) is 5.43. The van der Waals surface area contributed by atoms with Gasteiger partial charge >= 0.3 is 0 Å². The number of phenolic OH excluding ortho intramolecular Hbond substituents is 1. The van der Waals surface area contributed by atoms with Crippen LogP contribution in [0.1, 0.15) is 29.5 Å². The quantitative estimate of drug-likeness (QED) is 0.667. The molecule has 0 spiro atoms. The van der Waals surface area contributed by atoms with E-state index in [9.17, 15) is 5.11 Å². The highest BCUT2D eigenvalue weighted by Gasteiger charge is 2.36. The number of thiophene rings is 2. The van der Waals surface area contributed by atoms with Crippen molar-refractivity contribution in [3.8, 4) is 5.75 Å². The molecule has 4 rings (SSSR count). The van der Waals surface area contributed by atoms with E-state index >= 15 is 0 Å². The van der Waals surface area contributed by atoms with Crippen molar-refractivity contribution in [1.82, 2.24) is 4.90 Å². The summed E-state index contributed by atoms with van der Waals surface area (Å²) < 4.78 is 0. The van der Waals surface area contributed by atoms with Crippen molar-refractivity contribution in [3.63, 3.8) is 0 Å². The summed E-state index contributed by atoms with van der Waals surface area (Å²) in [4.78, 5) is 2.42. The molecule has 2 atom stereocenters. The summed E-state index contributed by atoms with van der Waals surface area (Å²) in [7, 11) is 2.20. The van der Waals surface area contributed by atoms with Gasteiger partial charge in [0.25, 0.3) is 0 Å². The van der Waals surface area contributed by atoms with Crippen molar-refractivity contribution < 1.29 is 5.11 Å². The molecule has 0 aliphatic carbocycles. The zero-order valence-corrected chi connectivity index (χ0v) is 16.0. The van der Waals surface area contributed by atoms with E-state index in [1.165, 1.54) is 27.8 Å². The van der Waals surface area contributed by atoms with E-state index in [1.54, 1.807) is 34.8 Å². The van der Waals surface area contributed by atoms with Crippen LogP contribution in [-0.4, -0.2) is 29.6 Å². The molecule has 1 N–H and O–H groups in total. The summed E-state index contributed by atoms with van der Waals surface area (Å²) >= 11 is 3.49. The number of rotatable bonds is 3. The van der Waals surface area contributed by atoms with Crippen molar-refractivity contribution in [1.29, 1.82) is 0 Å². The van der Waals surface area contributed by atoms with Crippen LogP contribution in [0.15, 0.2) is 63.5 Å². The van der Waals surface area contributed by atoms with Gasteiger partial charge in [0.1, 0.15) is 5.75 Å². The van der Waals surface area contributed by atoms with Gasteiger partial charge < -0.3 is 5.11 Å². The molecule has 0 bridgehead atoms. The molecule has 2 unspecified atom stereocenters. The minimum atomic E-state index is 0.323. The Balaban J connectivity index is 1.92. The highest BCUT2D eigenvalue weighted by atomic mass is 32.1. The van der Waals surface area contributed by atoms with Crippen LogP contribution in [-0.2, 0) is 0 Å². The molecular formula is C21H21NOS2. The van der Waals surface area contributed by atoms with Crippen molar-refractivity contribution in [2.75, 3.05) is 13.6 Å². The average Bonchev–Trinajstić information content (AvgIpc) is 3.34. The lowest BCUT2D eigenvalue weighted by Gasteiger charge is -2.22. The summed E-state index contributed by atoms with van der Waals surface area (Å²) in [6, 6.07) is 12.6. The third kappa shape index (κ3) is 3.06. The molecule has 0 amide bonds. The molecule has 1 aromatic carbocycles. The number of aromatic hydroxyl groups is 1. The van der Waals surface area contributed by atoms with Crippen LogP contribution < -0.4 is 0 Å². The molecule has 3 heterocycles. The zero-order chi connectivity index (χ0) is 17.4. The fourth-order valence-electron chi connectivity index (χ4n) is 3.80. The number of likely N-dealkylation sites (tertiary alicyclic amines) is 1. The largest absolute Gasteiger partial charge is 0.508 e. The molecule has 1 fully saturated rings. The third-order valence-corrected chi connectivity index (χ3v) is 6.53. The van der Waals surface area contributed by atoms with Crippen molar-refractivity contribution in [3.05, 3.63) is 80.2 Å². The van der Waals surface area contributed by atoms with Crippen LogP contribution in [0.5, 0.6) is 5.75 Å². The SMILES string of the molecule is CC1C(c2ccc(O)cc2)C(=C(c2ccsc2)c2ccsc2)CN1C. The van der Waals surface area contributed by atoms with Crippen LogP contribution in [0.2, 0.25) is 0 Å². The zero-order valence-electron chi connectivity index (χ0n) is 14.3. The summed E-state index contributed by atoms with van der Waals surface area (Å²) in [5, 5.41) is 18.5. The molecule has 0 radical (unpaired) electrons. The highest BCUT2D eigenvalue weighted by Crippen LogP contribution is 2.43. The topological polar surface area (TPSA) is 23.5 Å². The first-order valence-electron chi connectivity index (χ1n) is 8.42. The molecule has 2 aromatic heterocycles. The van der Waals surface area contributed by atoms with Gasteiger partial charge in [-0.15, -0.1) is 0 Å². The maximum atomic E-state index is 9.67. The minimum absolute atomic E-state index is 0.323. The normalized spacial score (nSPS) is 21.0. The molecule has 2 nitrogen and oxygen atoms in total. The van der Waals surface area contributed by atoms with Gasteiger partial charge in [-0.25, -0.2) is 0 Å². The Morgan fingerprint density at radius 1 is 1.00 bits per heavy atom. The molecule has 1 saturated heterocycles. The van der Waals surface area contributed by atoms with Gasteiger partial charge in [-0.1, -0.05) is 12.1 Å². The second kappa shape index (κ2) is 6.79. The first-order chi connectivity index (χ1) is 12.1. The predicted molar refractivity (Wildman–Crippen MR) is 108 cm³/mol. The van der Waals surface area contributed by atoms with E-state index in [2.05, 4.69) is 64.7 Å². The maximum absolute atomic E-state index is 9.67. The smallest absolute Gasteiger partial charge is 0.115 e. The highest BCUT2D eigenvalue weighted by molar-refractivity contribution is 7.08. The summed E-state index contributed by atoms with van der Waals surface area (Å²) in [6.45, 7) is 3.26. The molecular weight excluding hydrogens is 346 g/mol. The van der Waals surface area contributed by atoms with Gasteiger partial charge in [0, 0.05) is 18.5 Å². The van der Waals surface area contributed by atoms with E-state index in [0.717, 1.165) is 6.54 Å². The Bertz CT molecular complexity index is 827. The molecule has 3 aromatic rings. The lowest BCUT2D eigenvalue weighted by Crippen LogP contribution is -2.24. The lowest BCUT2D eigenvalue weighted by atomic mass is 9.83. The van der Waals surface area contributed by atoms with E-state index < -0.39 is 0 Å². The molecule has 0 saturated carbocycles. The molecule has 128 valence electrons. The number of nitrogens with zero attached hydrogens (tertiary/aromatic N) is 1. The maximum Gasteiger partial charge on any atom is 0.115 e. The van der Waals surface area contributed by atoms with E-state index in [1.807, 2.05) is 0 Å². The van der Waals surface area contributed by atoms with Crippen LogP contribution in [0.25, 0.3) is 5.57 Å². The second-order valence-electron chi connectivity index (χ2n) is 6.65. The van der Waals surface area contributed by atoms with E-state index in [4.69, 9.17) is 0 Å². The van der Waals surface area contributed by atoms with Gasteiger partial charge in [0.15, 0.2) is 0 Å². The average molecular weight is 368 g/mol. The summed E-state index contributed by atoms with van der Waals surface area (Å²) in [5.74, 6) is 0.657. The van der Waals surface area contributed by atoms with Gasteiger partial charge in [-0.05, 0) is 87.6 Å². The van der Waals surface area contributed by atoms with Gasteiger partial charge in [0.2, 0.25) is 0 Å². The Kier molecular flexibility index (Phi) is 4.50. The standard InChI is InChI=1S/C21H21NOS2/c1-14-20(15-3-5-18(23)6-4-15)19(11-22(14)2)21(16-7-9-24-12-16)17-8-10-25-13-17/h3-10,12-14,20,23H,11H2,1-2H3. The summed E-state index contributed by atoms with van der Waals surface area (Å²) in [5.41, 5.74) is 6.73. The molecule has 4 heteroatoms. The Hall–Kier alpha value is -1.88. The molecule has 1 aliphatic heterocycles. The Morgan fingerprint density at radius 3 is 2.12 bits per heavy atom. The third-order valence-electron chi connectivity index (χ3n) is 5.17. The fraction of sp³-hybridized carbons (Fsp3) is 0.238. The number of benzene rings is 1. The van der Waals surface area contributed by atoms with Crippen molar-refractivity contribution >= 4 is 28.2 Å². The van der Waals surface area contributed by atoms with Gasteiger partial charge in [-0.2, -0.15) is 22.7 Å².